The van der Waals surface area contributed by atoms with Crippen LogP contribution < -0.4 is 0 Å². The maximum absolute atomic E-state index is 13.3. The van der Waals surface area contributed by atoms with Gasteiger partial charge in [-0.05, 0) is 12.1 Å². The zero-order chi connectivity index (χ0) is 13.4. The van der Waals surface area contributed by atoms with Crippen LogP contribution in [0.15, 0.2) is 12.1 Å². The Hall–Kier alpha value is -0.980. The summed E-state index contributed by atoms with van der Waals surface area (Å²) in [6, 6.07) is 0.220. The van der Waals surface area contributed by atoms with Crippen molar-refractivity contribution >= 4 is 11.6 Å². The van der Waals surface area contributed by atoms with Gasteiger partial charge in [0.15, 0.2) is 0 Å². The first kappa shape index (κ1) is 14.1. The highest BCUT2D eigenvalue weighted by atomic mass is 35.5. The lowest BCUT2D eigenvalue weighted by Crippen LogP contribution is -2.15. The van der Waals surface area contributed by atoms with E-state index in [4.69, 9.17) is 11.6 Å². The molecule has 0 fully saturated rings. The Kier molecular flexibility index (Phi) is 3.61. The lowest BCUT2D eigenvalue weighted by Gasteiger charge is -2.15. The second-order valence-electron chi connectivity index (χ2n) is 3.08. The van der Waals surface area contributed by atoms with Gasteiger partial charge in [0, 0.05) is 5.56 Å². The average molecular weight is 281 g/mol. The largest absolute Gasteiger partial charge is 0.419 e. The maximum atomic E-state index is 13.3. The first-order valence-electron chi connectivity index (χ1n) is 4.10. The van der Waals surface area contributed by atoms with Crippen molar-refractivity contribution in [2.45, 2.75) is 18.2 Å². The number of halogens is 8. The number of rotatable bonds is 1. The summed E-state index contributed by atoms with van der Waals surface area (Å²) in [6.07, 6.45) is -10.0. The maximum Gasteiger partial charge on any atom is 0.419 e. The van der Waals surface area contributed by atoms with Crippen molar-refractivity contribution in [1.82, 2.24) is 0 Å². The molecule has 0 amide bonds. The van der Waals surface area contributed by atoms with Crippen molar-refractivity contribution in [1.29, 1.82) is 0 Å². The first-order chi connectivity index (χ1) is 7.59. The number of alkyl halides is 7. The van der Waals surface area contributed by atoms with Gasteiger partial charge < -0.3 is 0 Å². The predicted octanol–water partition coefficient (Wildman–Crippen LogP) is 4.60. The summed E-state index contributed by atoms with van der Waals surface area (Å²) in [5, 5.41) is 0. The lowest BCUT2D eigenvalue weighted by atomic mass is 10.0. The minimum atomic E-state index is -5.06. The van der Waals surface area contributed by atoms with Crippen LogP contribution in [0.3, 0.4) is 0 Å². The third-order valence-electron chi connectivity index (χ3n) is 1.99. The van der Waals surface area contributed by atoms with E-state index in [1.807, 2.05) is 0 Å². The molecule has 0 bridgehead atoms. The molecule has 0 aliphatic heterocycles. The van der Waals surface area contributed by atoms with E-state index in [0.29, 0.717) is 0 Å². The van der Waals surface area contributed by atoms with Gasteiger partial charge in [0.05, 0.1) is 17.0 Å². The predicted molar refractivity (Wildman–Crippen MR) is 46.0 cm³/mol. The fraction of sp³-hybridized carbons (Fsp3) is 0.333. The van der Waals surface area contributed by atoms with E-state index in [1.165, 1.54) is 0 Å². The summed E-state index contributed by atoms with van der Waals surface area (Å²) >= 11 is 5.06. The quantitative estimate of drug-likeness (QED) is 0.521. The molecule has 1 aromatic rings. The van der Waals surface area contributed by atoms with Gasteiger partial charge in [-0.1, -0.05) is 0 Å². The van der Waals surface area contributed by atoms with Crippen LogP contribution in [0.4, 0.5) is 30.7 Å². The molecule has 0 aromatic heterocycles. The minimum Gasteiger partial charge on any atom is -0.206 e. The van der Waals surface area contributed by atoms with Gasteiger partial charge >= 0.3 is 12.4 Å². The number of benzene rings is 1. The Labute approximate surface area is 96.0 Å². The highest BCUT2D eigenvalue weighted by molar-refractivity contribution is 6.17. The van der Waals surface area contributed by atoms with Crippen LogP contribution in [0.5, 0.6) is 0 Å². The monoisotopic (exact) mass is 280 g/mol. The van der Waals surface area contributed by atoms with E-state index in [1.54, 1.807) is 0 Å². The molecular formula is C9H4ClF7. The molecule has 0 aliphatic carbocycles. The van der Waals surface area contributed by atoms with Crippen LogP contribution in [0.2, 0.25) is 0 Å². The molecular weight excluding hydrogens is 277 g/mol. The summed E-state index contributed by atoms with van der Waals surface area (Å²) < 4.78 is 87.0. The molecule has 0 saturated carbocycles. The molecule has 17 heavy (non-hydrogen) atoms. The van der Waals surface area contributed by atoms with E-state index < -0.39 is 40.7 Å². The van der Waals surface area contributed by atoms with Gasteiger partial charge in [0.1, 0.15) is 5.82 Å². The third-order valence-corrected chi connectivity index (χ3v) is 2.25. The van der Waals surface area contributed by atoms with E-state index in [0.717, 1.165) is 0 Å². The van der Waals surface area contributed by atoms with Gasteiger partial charge in [-0.2, -0.15) is 26.3 Å². The van der Waals surface area contributed by atoms with Crippen molar-refractivity contribution in [2.75, 3.05) is 0 Å². The van der Waals surface area contributed by atoms with Crippen molar-refractivity contribution in [3.8, 4) is 0 Å². The molecule has 0 heterocycles. The van der Waals surface area contributed by atoms with Gasteiger partial charge in [0.2, 0.25) is 0 Å². The smallest absolute Gasteiger partial charge is 0.206 e. The standard InChI is InChI=1S/C9H4ClF7/c10-3-4-5(8(12,13)14)1-2-6(7(4)11)9(15,16)17/h1-2H,3H2. The zero-order valence-corrected chi connectivity index (χ0v) is 8.64. The summed E-state index contributed by atoms with van der Waals surface area (Å²) in [5.74, 6) is -2.98. The Morgan fingerprint density at radius 1 is 0.882 bits per heavy atom. The second kappa shape index (κ2) is 4.36. The molecule has 0 atom stereocenters. The van der Waals surface area contributed by atoms with Crippen LogP contribution in [-0.2, 0) is 18.2 Å². The summed E-state index contributed by atoms with van der Waals surface area (Å²) in [4.78, 5) is 0. The topological polar surface area (TPSA) is 0 Å². The molecule has 8 heteroatoms. The molecule has 96 valence electrons. The highest BCUT2D eigenvalue weighted by Crippen LogP contribution is 2.39. The summed E-state index contributed by atoms with van der Waals surface area (Å²) in [7, 11) is 0. The number of hydrogen-bond acceptors (Lipinski definition) is 0. The van der Waals surface area contributed by atoms with Crippen LogP contribution in [-0.4, -0.2) is 0 Å². The molecule has 0 unspecified atom stereocenters. The summed E-state index contributed by atoms with van der Waals surface area (Å²) in [5.41, 5.74) is -4.46. The van der Waals surface area contributed by atoms with E-state index in [9.17, 15) is 30.7 Å². The fourth-order valence-corrected chi connectivity index (χ4v) is 1.50. The number of hydrogen-bond donors (Lipinski definition) is 0. The van der Waals surface area contributed by atoms with E-state index >= 15 is 0 Å². The minimum absolute atomic E-state index is 0.0498. The van der Waals surface area contributed by atoms with Crippen molar-refractivity contribution in [2.24, 2.45) is 0 Å². The van der Waals surface area contributed by atoms with Crippen molar-refractivity contribution in [3.05, 3.63) is 34.6 Å². The Balaban J connectivity index is 3.49. The average Bonchev–Trinajstić information content (AvgIpc) is 2.13. The Morgan fingerprint density at radius 2 is 1.29 bits per heavy atom. The van der Waals surface area contributed by atoms with Gasteiger partial charge in [0.25, 0.3) is 0 Å². The SMILES string of the molecule is Fc1c(C(F)(F)F)ccc(C(F)(F)F)c1CCl. The molecule has 1 rings (SSSR count). The van der Waals surface area contributed by atoms with Gasteiger partial charge in [-0.15, -0.1) is 11.6 Å². The Bertz CT molecular complexity index is 419. The second-order valence-corrected chi connectivity index (χ2v) is 3.35. The molecule has 0 N–H and O–H groups in total. The van der Waals surface area contributed by atoms with Crippen LogP contribution in [0.25, 0.3) is 0 Å². The zero-order valence-electron chi connectivity index (χ0n) is 7.89. The molecule has 1 aromatic carbocycles. The van der Waals surface area contributed by atoms with Crippen LogP contribution in [0.1, 0.15) is 16.7 Å². The molecule has 0 saturated heterocycles. The van der Waals surface area contributed by atoms with E-state index in [2.05, 4.69) is 0 Å². The van der Waals surface area contributed by atoms with Crippen LogP contribution in [0, 0.1) is 5.82 Å². The highest BCUT2D eigenvalue weighted by Gasteiger charge is 2.40. The fourth-order valence-electron chi connectivity index (χ4n) is 1.24. The Morgan fingerprint density at radius 3 is 1.65 bits per heavy atom. The molecule has 0 nitrogen and oxygen atoms in total. The van der Waals surface area contributed by atoms with Crippen molar-refractivity contribution < 1.29 is 30.7 Å². The first-order valence-corrected chi connectivity index (χ1v) is 4.64. The van der Waals surface area contributed by atoms with Crippen LogP contribution >= 0.6 is 11.6 Å². The summed E-state index contributed by atoms with van der Waals surface area (Å²) in [6.45, 7) is 0. The molecule has 0 spiro atoms. The van der Waals surface area contributed by atoms with Gasteiger partial charge in [-0.25, -0.2) is 4.39 Å². The lowest BCUT2D eigenvalue weighted by molar-refractivity contribution is -0.143. The van der Waals surface area contributed by atoms with E-state index in [-0.39, 0.29) is 12.1 Å². The van der Waals surface area contributed by atoms with Crippen molar-refractivity contribution in [3.63, 3.8) is 0 Å². The molecule has 0 aliphatic rings. The normalized spacial score (nSPS) is 12.9. The third kappa shape index (κ3) is 2.83. The van der Waals surface area contributed by atoms with Gasteiger partial charge in [-0.3, -0.25) is 0 Å². The molecule has 0 radical (unpaired) electrons.